The van der Waals surface area contributed by atoms with Crippen LogP contribution < -0.4 is 10.4 Å². The van der Waals surface area contributed by atoms with Crippen molar-refractivity contribution in [2.45, 2.75) is 217 Å². The lowest BCUT2D eigenvalue weighted by atomic mass is 9.70. The molecule has 1 atom stereocenters. The van der Waals surface area contributed by atoms with E-state index in [-0.39, 0.29) is 9.74 Å². The highest BCUT2D eigenvalue weighted by Crippen LogP contribution is 2.54. The topological polar surface area (TPSA) is 0 Å². The Bertz CT molecular complexity index is 1640. The molecule has 2 aromatic rings. The molecule has 0 amide bonds. The molecule has 0 fully saturated rings. The van der Waals surface area contributed by atoms with Gasteiger partial charge >= 0.3 is 0 Å². The van der Waals surface area contributed by atoms with Crippen molar-refractivity contribution < 1.29 is 0 Å². The number of allylic oxidation sites excluding steroid dienone is 4. The van der Waals surface area contributed by atoms with E-state index in [0.717, 1.165) is 0 Å². The highest BCUT2D eigenvalue weighted by Gasteiger charge is 2.43. The largest absolute Gasteiger partial charge is 0.0762 e. The van der Waals surface area contributed by atoms with Crippen molar-refractivity contribution in [3.63, 3.8) is 0 Å². The third kappa shape index (κ3) is 11.2. The molecule has 2 aromatic carbocycles. The average Bonchev–Trinajstić information content (AvgIpc) is 3.60. The lowest BCUT2D eigenvalue weighted by Crippen LogP contribution is -2.31. The molecule has 0 saturated carbocycles. The van der Waals surface area contributed by atoms with Gasteiger partial charge in [-0.25, -0.2) is 0 Å². The molecule has 0 nitrogen and oxygen atoms in total. The van der Waals surface area contributed by atoms with E-state index < -0.39 is 0 Å². The maximum absolute atomic E-state index is 4.31. The standard InChI is InChI=1S/C52H76Br2/c1-5-9-13-17-21-25-29-42-45-38-47-44-31-30-41(53)37-49(44)52(34-27-23-19-15-11-7-3,35-28-24-20-16-12-8-4)50(47)39-46(45)43-32-36-51(54,40-48(42)43)33-26-22-18-14-10-6-2/h30-32,36-40H,5-29,33-35H2,1-4H3. The van der Waals surface area contributed by atoms with E-state index in [2.05, 4.69) is 108 Å². The van der Waals surface area contributed by atoms with Crippen molar-refractivity contribution in [2.24, 2.45) is 0 Å². The molecule has 0 spiro atoms. The molecule has 0 bridgehead atoms. The van der Waals surface area contributed by atoms with Crippen LogP contribution in [0.25, 0.3) is 22.3 Å². The Morgan fingerprint density at radius 1 is 0.500 bits per heavy atom. The van der Waals surface area contributed by atoms with Gasteiger partial charge in [-0.15, -0.1) is 0 Å². The minimum atomic E-state index is -0.0358. The molecule has 3 aliphatic carbocycles. The maximum Gasteiger partial charge on any atom is 0.0628 e. The van der Waals surface area contributed by atoms with Crippen LogP contribution in [-0.4, -0.2) is 4.32 Å². The first-order chi connectivity index (χ1) is 26.4. The Kier molecular flexibility index (Phi) is 18.2. The number of fused-ring (bicyclic) bond motifs is 5. The fraction of sp³-hybridized carbons (Fsp3) is 0.654. The summed E-state index contributed by atoms with van der Waals surface area (Å²) in [6, 6.07) is 12.7. The molecule has 0 radical (unpaired) electrons. The summed E-state index contributed by atoms with van der Waals surface area (Å²) in [5.74, 6) is 0. The molecule has 0 N–H and O–H groups in total. The van der Waals surface area contributed by atoms with Crippen LogP contribution in [0, 0.1) is 0 Å². The van der Waals surface area contributed by atoms with Crippen molar-refractivity contribution in [2.75, 3.05) is 0 Å². The Morgan fingerprint density at radius 3 is 1.57 bits per heavy atom. The van der Waals surface area contributed by atoms with E-state index >= 15 is 0 Å². The molecule has 5 rings (SSSR count). The lowest BCUT2D eigenvalue weighted by Gasteiger charge is -2.33. The summed E-state index contributed by atoms with van der Waals surface area (Å²) in [4.78, 5) is 0. The van der Waals surface area contributed by atoms with Gasteiger partial charge in [-0.05, 0) is 106 Å². The third-order valence-electron chi connectivity index (χ3n) is 13.2. The van der Waals surface area contributed by atoms with Crippen LogP contribution in [0.5, 0.6) is 0 Å². The van der Waals surface area contributed by atoms with Crippen molar-refractivity contribution in [1.29, 1.82) is 0 Å². The van der Waals surface area contributed by atoms with Gasteiger partial charge in [0, 0.05) is 9.89 Å². The monoisotopic (exact) mass is 858 g/mol. The number of benzene rings is 2. The van der Waals surface area contributed by atoms with Crippen LogP contribution in [0.4, 0.5) is 0 Å². The zero-order valence-electron chi connectivity index (χ0n) is 35.2. The van der Waals surface area contributed by atoms with Gasteiger partial charge in [-0.2, -0.15) is 0 Å². The molecular formula is C52H76Br2. The SMILES string of the molecule is CCCCCCCCC1=c2cc3c(cc2=C2C=CC(Br)(CCCCCCCC)C=C21)C(CCCCCCCC)(CCCCCCCC)c1cc(Br)ccc1-3. The van der Waals surface area contributed by atoms with Gasteiger partial charge in [-0.1, -0.05) is 232 Å². The van der Waals surface area contributed by atoms with Gasteiger partial charge in [0.1, 0.15) is 0 Å². The Hall–Kier alpha value is -1.38. The van der Waals surface area contributed by atoms with Gasteiger partial charge in [0.25, 0.3) is 0 Å². The molecule has 298 valence electrons. The Morgan fingerprint density at radius 2 is 1.00 bits per heavy atom. The first-order valence-electron chi connectivity index (χ1n) is 23.3. The van der Waals surface area contributed by atoms with Gasteiger partial charge < -0.3 is 0 Å². The summed E-state index contributed by atoms with van der Waals surface area (Å²) in [6.07, 6.45) is 45.1. The summed E-state index contributed by atoms with van der Waals surface area (Å²) < 4.78 is 1.20. The molecule has 0 heterocycles. The van der Waals surface area contributed by atoms with Crippen LogP contribution in [0.15, 0.2) is 58.6 Å². The molecule has 0 aromatic heterocycles. The zero-order valence-corrected chi connectivity index (χ0v) is 38.3. The number of hydrogen-bond acceptors (Lipinski definition) is 0. The predicted molar refractivity (Wildman–Crippen MR) is 247 cm³/mol. The van der Waals surface area contributed by atoms with Crippen LogP contribution in [-0.2, 0) is 5.41 Å². The first-order valence-corrected chi connectivity index (χ1v) is 24.8. The second-order valence-corrected chi connectivity index (χ2v) is 19.9. The van der Waals surface area contributed by atoms with Crippen LogP contribution in [0.1, 0.15) is 219 Å². The van der Waals surface area contributed by atoms with E-state index in [4.69, 9.17) is 0 Å². The molecule has 54 heavy (non-hydrogen) atoms. The normalized spacial score (nSPS) is 17.9. The Balaban J connectivity index is 1.55. The summed E-state index contributed by atoms with van der Waals surface area (Å²) in [6.45, 7) is 9.32. The summed E-state index contributed by atoms with van der Waals surface area (Å²) in [5.41, 5.74) is 11.0. The van der Waals surface area contributed by atoms with Gasteiger partial charge in [0.2, 0.25) is 0 Å². The lowest BCUT2D eigenvalue weighted by molar-refractivity contribution is 0.397. The summed E-state index contributed by atoms with van der Waals surface area (Å²) in [5, 5.41) is 3.06. The van der Waals surface area contributed by atoms with E-state index in [0.29, 0.717) is 0 Å². The number of alkyl halides is 1. The third-order valence-corrected chi connectivity index (χ3v) is 14.6. The molecule has 2 heteroatoms. The molecule has 0 aliphatic heterocycles. The maximum atomic E-state index is 4.31. The number of hydrogen-bond donors (Lipinski definition) is 0. The highest BCUT2D eigenvalue weighted by atomic mass is 79.9. The summed E-state index contributed by atoms with van der Waals surface area (Å²) >= 11 is 8.26. The number of rotatable bonds is 28. The van der Waals surface area contributed by atoms with Gasteiger partial charge in [0.15, 0.2) is 0 Å². The van der Waals surface area contributed by atoms with E-state index in [1.54, 1.807) is 22.3 Å². The van der Waals surface area contributed by atoms with Crippen LogP contribution in [0.2, 0.25) is 0 Å². The second-order valence-electron chi connectivity index (χ2n) is 17.5. The molecular weight excluding hydrogens is 784 g/mol. The van der Waals surface area contributed by atoms with E-state index in [1.807, 2.05) is 0 Å². The minimum absolute atomic E-state index is 0.0358. The minimum Gasteiger partial charge on any atom is -0.0762 e. The fourth-order valence-electron chi connectivity index (χ4n) is 10.1. The zero-order chi connectivity index (χ0) is 38.2. The molecule has 1 unspecified atom stereocenters. The highest BCUT2D eigenvalue weighted by molar-refractivity contribution is 9.10. The van der Waals surface area contributed by atoms with Crippen LogP contribution in [0.3, 0.4) is 0 Å². The Labute approximate surface area is 349 Å². The summed E-state index contributed by atoms with van der Waals surface area (Å²) in [7, 11) is 0. The van der Waals surface area contributed by atoms with Gasteiger partial charge in [0.05, 0.1) is 4.32 Å². The smallest absolute Gasteiger partial charge is 0.0628 e. The number of unbranched alkanes of at least 4 members (excludes halogenated alkanes) is 20. The van der Waals surface area contributed by atoms with Crippen LogP contribution >= 0.6 is 31.9 Å². The van der Waals surface area contributed by atoms with Crippen molar-refractivity contribution >= 4 is 43.0 Å². The predicted octanol–water partition coefficient (Wildman–Crippen LogP) is 16.7. The van der Waals surface area contributed by atoms with Gasteiger partial charge in [-0.3, -0.25) is 0 Å². The number of halogens is 2. The van der Waals surface area contributed by atoms with Crippen molar-refractivity contribution in [3.05, 3.63) is 80.2 Å². The first kappa shape index (κ1) is 43.7. The van der Waals surface area contributed by atoms with E-state index in [1.165, 1.54) is 211 Å². The van der Waals surface area contributed by atoms with Crippen molar-refractivity contribution in [3.8, 4) is 11.1 Å². The quantitative estimate of drug-likeness (QED) is 0.0591. The molecule has 0 saturated heterocycles. The van der Waals surface area contributed by atoms with Crippen molar-refractivity contribution in [1.82, 2.24) is 0 Å². The van der Waals surface area contributed by atoms with E-state index in [9.17, 15) is 0 Å². The fourth-order valence-corrected chi connectivity index (χ4v) is 11.1. The average molecular weight is 861 g/mol. The second kappa shape index (κ2) is 22.5. The molecule has 3 aliphatic rings.